The number of fused-ring (bicyclic) bond motifs is 1. The van der Waals surface area contributed by atoms with Crippen LogP contribution in [0, 0.1) is 0 Å². The number of benzene rings is 2. The molecule has 0 atom stereocenters. The van der Waals surface area contributed by atoms with Gasteiger partial charge in [0, 0.05) is 13.1 Å². The highest BCUT2D eigenvalue weighted by Crippen LogP contribution is 2.32. The number of nitrogens with zero attached hydrogens (tertiary/aromatic N) is 1. The monoisotopic (exact) mass is 409 g/mol. The molecule has 156 valence electrons. The first-order valence-corrected chi connectivity index (χ1v) is 9.12. The number of rotatable bonds is 7. The zero-order chi connectivity index (χ0) is 20.7. The third-order valence-corrected chi connectivity index (χ3v) is 3.99. The van der Waals surface area contributed by atoms with Crippen LogP contribution in [-0.2, 0) is 13.1 Å². The highest BCUT2D eigenvalue weighted by atomic mass is 19.4. The molecule has 0 saturated heterocycles. The summed E-state index contributed by atoms with van der Waals surface area (Å²) in [6, 6.07) is 12.1. The van der Waals surface area contributed by atoms with E-state index in [1.165, 1.54) is 12.1 Å². The maximum Gasteiger partial charge on any atom is 0.422 e. The van der Waals surface area contributed by atoms with Crippen LogP contribution in [0.15, 0.2) is 47.5 Å². The maximum atomic E-state index is 12.2. The van der Waals surface area contributed by atoms with Crippen LogP contribution in [-0.4, -0.2) is 32.1 Å². The summed E-state index contributed by atoms with van der Waals surface area (Å²) in [6.45, 7) is 2.50. The summed E-state index contributed by atoms with van der Waals surface area (Å²) in [7, 11) is 0. The van der Waals surface area contributed by atoms with Gasteiger partial charge in [-0.05, 0) is 42.3 Å². The first-order chi connectivity index (χ1) is 13.9. The number of alkyl halides is 3. The molecule has 0 unspecified atom stereocenters. The number of hydrogen-bond donors (Lipinski definition) is 2. The van der Waals surface area contributed by atoms with E-state index in [0.29, 0.717) is 31.3 Å². The van der Waals surface area contributed by atoms with Crippen LogP contribution < -0.4 is 24.8 Å². The SMILES string of the molecule is CCNC(=NCc1ccc2c(c1)OCO2)NCc1ccc(OCC(F)(F)F)cc1. The van der Waals surface area contributed by atoms with E-state index in [0.717, 1.165) is 16.9 Å². The summed E-state index contributed by atoms with van der Waals surface area (Å²) < 4.78 is 52.0. The van der Waals surface area contributed by atoms with Crippen molar-refractivity contribution in [1.29, 1.82) is 0 Å². The van der Waals surface area contributed by atoms with E-state index in [1.807, 2.05) is 25.1 Å². The molecule has 0 fully saturated rings. The van der Waals surface area contributed by atoms with E-state index in [1.54, 1.807) is 12.1 Å². The molecule has 1 heterocycles. The molecule has 0 aliphatic carbocycles. The van der Waals surface area contributed by atoms with Crippen molar-refractivity contribution in [2.45, 2.75) is 26.2 Å². The van der Waals surface area contributed by atoms with Crippen molar-refractivity contribution in [3.8, 4) is 17.2 Å². The minimum Gasteiger partial charge on any atom is -0.484 e. The zero-order valence-electron chi connectivity index (χ0n) is 15.9. The average Bonchev–Trinajstić information content (AvgIpc) is 3.16. The van der Waals surface area contributed by atoms with Crippen LogP contribution >= 0.6 is 0 Å². The molecule has 2 aromatic rings. The fourth-order valence-corrected chi connectivity index (χ4v) is 2.61. The predicted molar refractivity (Wildman–Crippen MR) is 102 cm³/mol. The molecule has 29 heavy (non-hydrogen) atoms. The smallest absolute Gasteiger partial charge is 0.422 e. The van der Waals surface area contributed by atoms with Crippen LogP contribution in [0.4, 0.5) is 13.2 Å². The molecule has 2 aromatic carbocycles. The Kier molecular flexibility index (Phi) is 6.69. The molecule has 1 aliphatic rings. The Balaban J connectivity index is 1.54. The van der Waals surface area contributed by atoms with Gasteiger partial charge in [0.1, 0.15) is 5.75 Å². The van der Waals surface area contributed by atoms with Crippen LogP contribution in [0.5, 0.6) is 17.2 Å². The van der Waals surface area contributed by atoms with Crippen molar-refractivity contribution in [1.82, 2.24) is 10.6 Å². The van der Waals surface area contributed by atoms with Crippen LogP contribution in [0.25, 0.3) is 0 Å². The molecule has 3 rings (SSSR count). The van der Waals surface area contributed by atoms with Crippen LogP contribution in [0.2, 0.25) is 0 Å². The van der Waals surface area contributed by atoms with E-state index in [4.69, 9.17) is 14.2 Å². The van der Waals surface area contributed by atoms with Gasteiger partial charge in [0.2, 0.25) is 6.79 Å². The second kappa shape index (κ2) is 9.40. The first-order valence-electron chi connectivity index (χ1n) is 9.12. The van der Waals surface area contributed by atoms with Gasteiger partial charge in [-0.2, -0.15) is 13.2 Å². The normalized spacial score (nSPS) is 13.3. The molecule has 0 saturated carbocycles. The van der Waals surface area contributed by atoms with E-state index in [2.05, 4.69) is 15.6 Å². The number of nitrogens with one attached hydrogen (secondary N) is 2. The number of aliphatic imine (C=N–C) groups is 1. The predicted octanol–water partition coefficient (Wildman–Crippen LogP) is 3.61. The highest BCUT2D eigenvalue weighted by Gasteiger charge is 2.28. The number of guanidine groups is 1. The van der Waals surface area contributed by atoms with Crippen LogP contribution in [0.3, 0.4) is 0 Å². The minimum atomic E-state index is -4.35. The van der Waals surface area contributed by atoms with Crippen molar-refractivity contribution in [3.63, 3.8) is 0 Å². The van der Waals surface area contributed by atoms with Gasteiger partial charge in [0.15, 0.2) is 24.1 Å². The van der Waals surface area contributed by atoms with E-state index in [9.17, 15) is 13.2 Å². The lowest BCUT2D eigenvalue weighted by atomic mass is 10.2. The first kappa shape index (κ1) is 20.6. The minimum absolute atomic E-state index is 0.175. The van der Waals surface area contributed by atoms with Crippen molar-refractivity contribution >= 4 is 5.96 Å². The Bertz CT molecular complexity index is 839. The average molecular weight is 409 g/mol. The Labute approximate surface area is 166 Å². The number of ether oxygens (including phenoxy) is 3. The van der Waals surface area contributed by atoms with Crippen molar-refractivity contribution in [2.75, 3.05) is 19.9 Å². The molecule has 0 aromatic heterocycles. The number of hydrogen-bond acceptors (Lipinski definition) is 4. The topological polar surface area (TPSA) is 64.1 Å². The Morgan fingerprint density at radius 3 is 2.48 bits per heavy atom. The summed E-state index contributed by atoms with van der Waals surface area (Å²) in [4.78, 5) is 4.55. The Hall–Kier alpha value is -3.10. The third kappa shape index (κ3) is 6.48. The van der Waals surface area contributed by atoms with Gasteiger partial charge in [-0.15, -0.1) is 0 Å². The van der Waals surface area contributed by atoms with Crippen molar-refractivity contribution in [3.05, 3.63) is 53.6 Å². The second-order valence-corrected chi connectivity index (χ2v) is 6.28. The largest absolute Gasteiger partial charge is 0.484 e. The van der Waals surface area contributed by atoms with Gasteiger partial charge in [0.05, 0.1) is 6.54 Å². The highest BCUT2D eigenvalue weighted by molar-refractivity contribution is 5.79. The quantitative estimate of drug-likeness (QED) is 0.540. The maximum absolute atomic E-state index is 12.2. The van der Waals surface area contributed by atoms with E-state index >= 15 is 0 Å². The van der Waals surface area contributed by atoms with Crippen molar-refractivity contribution in [2.24, 2.45) is 4.99 Å². The lowest BCUT2D eigenvalue weighted by Gasteiger charge is -2.12. The number of halogens is 3. The van der Waals surface area contributed by atoms with Gasteiger partial charge in [0.25, 0.3) is 0 Å². The molecule has 1 aliphatic heterocycles. The summed E-state index contributed by atoms with van der Waals surface area (Å²) >= 11 is 0. The van der Waals surface area contributed by atoms with Gasteiger partial charge < -0.3 is 24.8 Å². The molecule has 6 nitrogen and oxygen atoms in total. The van der Waals surface area contributed by atoms with Gasteiger partial charge in [-0.1, -0.05) is 18.2 Å². The summed E-state index contributed by atoms with van der Waals surface area (Å²) in [5.41, 5.74) is 1.87. The molecule has 9 heteroatoms. The molecule has 0 bridgehead atoms. The Morgan fingerprint density at radius 2 is 1.76 bits per heavy atom. The van der Waals surface area contributed by atoms with Gasteiger partial charge in [-0.25, -0.2) is 4.99 Å². The summed E-state index contributed by atoms with van der Waals surface area (Å²) in [5.74, 6) is 2.24. The fourth-order valence-electron chi connectivity index (χ4n) is 2.61. The lowest BCUT2D eigenvalue weighted by Crippen LogP contribution is -2.36. The molecular formula is C20H22F3N3O3. The zero-order valence-corrected chi connectivity index (χ0v) is 15.9. The van der Waals surface area contributed by atoms with E-state index < -0.39 is 12.8 Å². The molecule has 2 N–H and O–H groups in total. The lowest BCUT2D eigenvalue weighted by molar-refractivity contribution is -0.153. The fraction of sp³-hybridized carbons (Fsp3) is 0.350. The molecule has 0 radical (unpaired) electrons. The second-order valence-electron chi connectivity index (χ2n) is 6.28. The van der Waals surface area contributed by atoms with Crippen LogP contribution in [0.1, 0.15) is 18.1 Å². The Morgan fingerprint density at radius 1 is 1.03 bits per heavy atom. The van der Waals surface area contributed by atoms with Gasteiger partial charge >= 0.3 is 6.18 Å². The summed E-state index contributed by atoms with van der Waals surface area (Å²) in [6.07, 6.45) is -4.35. The van der Waals surface area contributed by atoms with Gasteiger partial charge in [-0.3, -0.25) is 0 Å². The third-order valence-electron chi connectivity index (χ3n) is 3.99. The summed E-state index contributed by atoms with van der Waals surface area (Å²) in [5, 5.41) is 6.35. The van der Waals surface area contributed by atoms with Crippen molar-refractivity contribution < 1.29 is 27.4 Å². The molecule has 0 amide bonds. The molecule has 0 spiro atoms. The molecular weight excluding hydrogens is 387 g/mol. The van der Waals surface area contributed by atoms with E-state index in [-0.39, 0.29) is 12.5 Å². The standard InChI is InChI=1S/C20H22F3N3O3/c1-2-24-19(26-11-15-5-8-17-18(9-15)29-13-28-17)25-10-14-3-6-16(7-4-14)27-12-20(21,22)23/h3-9H,2,10-13H2,1H3,(H2,24,25,26).